The number of nitrogens with one attached hydrogen (secondary N) is 1. The second-order valence-electron chi connectivity index (χ2n) is 9.73. The lowest BCUT2D eigenvalue weighted by Gasteiger charge is -2.42. The number of hydrogen-bond donors (Lipinski definition) is 1. The van der Waals surface area contributed by atoms with E-state index < -0.39 is 0 Å². The number of hydrogen-bond acceptors (Lipinski definition) is 2. The molecule has 1 aliphatic heterocycles. The lowest BCUT2D eigenvalue weighted by atomic mass is 9.77. The van der Waals surface area contributed by atoms with E-state index in [0.29, 0.717) is 12.0 Å². The first-order chi connectivity index (χ1) is 15.8. The molecule has 168 valence electrons. The highest BCUT2D eigenvalue weighted by Gasteiger charge is 2.39. The van der Waals surface area contributed by atoms with Gasteiger partial charge in [0.05, 0.1) is 11.8 Å². The van der Waals surface area contributed by atoms with Crippen LogP contribution in [0.4, 0.5) is 0 Å². The summed E-state index contributed by atoms with van der Waals surface area (Å²) < 4.78 is 0. The van der Waals surface area contributed by atoms with Gasteiger partial charge in [-0.15, -0.1) is 0 Å². The summed E-state index contributed by atoms with van der Waals surface area (Å²) in [7, 11) is 0. The second-order valence-corrected chi connectivity index (χ2v) is 9.73. The number of unbranched alkanes of at least 4 members (excludes halogenated alkanes) is 2. The zero-order chi connectivity index (χ0) is 21.8. The number of aliphatic imine (C=N–C) groups is 1. The van der Waals surface area contributed by atoms with E-state index in [2.05, 4.69) is 71.4 Å². The van der Waals surface area contributed by atoms with Crippen LogP contribution in [0.3, 0.4) is 0 Å². The first-order valence-electron chi connectivity index (χ1n) is 12.8. The van der Waals surface area contributed by atoms with E-state index in [9.17, 15) is 0 Å². The molecule has 0 amide bonds. The molecule has 1 saturated carbocycles. The van der Waals surface area contributed by atoms with Crippen molar-refractivity contribution in [3.63, 3.8) is 0 Å². The Hall–Kier alpha value is -2.39. The topological polar surface area (TPSA) is 31.4 Å². The number of fused-ring (bicyclic) bond motifs is 3. The van der Waals surface area contributed by atoms with E-state index in [-0.39, 0.29) is 0 Å². The van der Waals surface area contributed by atoms with E-state index in [0.717, 1.165) is 19.6 Å². The number of rotatable bonds is 7. The van der Waals surface area contributed by atoms with E-state index in [1.807, 2.05) is 0 Å². The zero-order valence-electron chi connectivity index (χ0n) is 19.5. The molecule has 3 aromatic rings. The molecular weight excluding hydrogens is 390 g/mol. The Bertz CT molecular complexity index is 1040. The van der Waals surface area contributed by atoms with Crippen molar-refractivity contribution in [2.24, 2.45) is 10.9 Å². The first kappa shape index (κ1) is 21.5. The van der Waals surface area contributed by atoms with Crippen molar-refractivity contribution in [2.45, 2.75) is 77.4 Å². The van der Waals surface area contributed by atoms with Gasteiger partial charge in [-0.2, -0.15) is 0 Å². The first-order valence-corrected chi connectivity index (χ1v) is 12.8. The largest absolute Gasteiger partial charge is 0.357 e. The van der Waals surface area contributed by atoms with Crippen molar-refractivity contribution in [1.82, 2.24) is 9.88 Å². The molecule has 2 heterocycles. The van der Waals surface area contributed by atoms with Gasteiger partial charge in [0.25, 0.3) is 0 Å². The van der Waals surface area contributed by atoms with E-state index >= 15 is 0 Å². The van der Waals surface area contributed by atoms with Crippen molar-refractivity contribution >= 4 is 16.6 Å². The molecular formula is C29H37N3. The van der Waals surface area contributed by atoms with Crippen LogP contribution in [0, 0.1) is 5.92 Å². The van der Waals surface area contributed by atoms with Crippen LogP contribution < -0.4 is 0 Å². The third-order valence-electron chi connectivity index (χ3n) is 7.44. The molecule has 1 unspecified atom stereocenters. The molecule has 0 saturated heterocycles. The molecule has 1 N–H and O–H groups in total. The molecule has 3 heteroatoms. The summed E-state index contributed by atoms with van der Waals surface area (Å²) in [6.07, 6.45) is 10.5. The molecule has 0 spiro atoms. The van der Waals surface area contributed by atoms with Crippen molar-refractivity contribution in [3.05, 3.63) is 71.4 Å². The Morgan fingerprint density at radius 1 is 0.938 bits per heavy atom. The van der Waals surface area contributed by atoms with Gasteiger partial charge in [0.2, 0.25) is 0 Å². The molecule has 5 rings (SSSR count). The summed E-state index contributed by atoms with van der Waals surface area (Å²) >= 11 is 0. The van der Waals surface area contributed by atoms with E-state index in [4.69, 9.17) is 4.99 Å². The van der Waals surface area contributed by atoms with Crippen LogP contribution in [-0.4, -0.2) is 28.2 Å². The van der Waals surface area contributed by atoms with Crippen LogP contribution in [0.25, 0.3) is 10.9 Å². The summed E-state index contributed by atoms with van der Waals surface area (Å²) in [4.78, 5) is 11.9. The molecule has 32 heavy (non-hydrogen) atoms. The number of benzene rings is 2. The van der Waals surface area contributed by atoms with Gasteiger partial charge in [-0.3, -0.25) is 9.89 Å². The average molecular weight is 428 g/mol. The number of aromatic amines is 1. The second kappa shape index (κ2) is 10.0. The van der Waals surface area contributed by atoms with Crippen LogP contribution in [0.5, 0.6) is 0 Å². The SMILES string of the molecule is CCCCCN=C1c2c([nH]c3ccccc23)CN(Cc2ccccc2)C1C1CCCCC1. The van der Waals surface area contributed by atoms with Gasteiger partial charge in [-0.25, -0.2) is 0 Å². The minimum absolute atomic E-state index is 0.420. The zero-order valence-corrected chi connectivity index (χ0v) is 19.5. The van der Waals surface area contributed by atoms with Crippen molar-refractivity contribution in [2.75, 3.05) is 6.54 Å². The maximum atomic E-state index is 5.39. The Morgan fingerprint density at radius 2 is 1.72 bits per heavy atom. The lowest BCUT2D eigenvalue weighted by molar-refractivity contribution is 0.141. The van der Waals surface area contributed by atoms with Gasteiger partial charge in [0, 0.05) is 41.8 Å². The minimum Gasteiger partial charge on any atom is -0.357 e. The van der Waals surface area contributed by atoms with Crippen molar-refractivity contribution in [1.29, 1.82) is 0 Å². The van der Waals surface area contributed by atoms with E-state index in [1.165, 1.54) is 84.8 Å². The Morgan fingerprint density at radius 3 is 2.53 bits per heavy atom. The molecule has 3 nitrogen and oxygen atoms in total. The Balaban J connectivity index is 1.59. The number of aromatic nitrogens is 1. The fourth-order valence-electron chi connectivity index (χ4n) is 5.91. The summed E-state index contributed by atoms with van der Waals surface area (Å²) in [6, 6.07) is 20.3. The highest BCUT2D eigenvalue weighted by atomic mass is 15.2. The van der Waals surface area contributed by atoms with Gasteiger partial charge in [-0.1, -0.05) is 87.6 Å². The number of H-pyrrole nitrogens is 1. The molecule has 0 bridgehead atoms. The maximum Gasteiger partial charge on any atom is 0.0620 e. The fourth-order valence-corrected chi connectivity index (χ4v) is 5.91. The van der Waals surface area contributed by atoms with Gasteiger partial charge >= 0.3 is 0 Å². The number of nitrogens with zero attached hydrogens (tertiary/aromatic N) is 2. The average Bonchev–Trinajstić information content (AvgIpc) is 3.21. The summed E-state index contributed by atoms with van der Waals surface area (Å²) in [5.74, 6) is 0.708. The standard InChI is InChI=1S/C29H37N3/c1-2-3-12-19-30-28-27-24-17-10-11-18-25(24)31-26(27)21-32(20-22-13-6-4-7-14-22)29(28)23-15-8-5-9-16-23/h4,6-7,10-11,13-14,17-18,23,29,31H,2-3,5,8-9,12,15-16,19-21H2,1H3. The van der Waals surface area contributed by atoms with Crippen LogP contribution in [0.2, 0.25) is 0 Å². The summed E-state index contributed by atoms with van der Waals surface area (Å²) in [6.45, 7) is 5.20. The quantitative estimate of drug-likeness (QED) is 0.400. The normalized spacial score (nSPS) is 21.3. The van der Waals surface area contributed by atoms with Crippen LogP contribution >= 0.6 is 0 Å². The van der Waals surface area contributed by atoms with Gasteiger partial charge in [0.1, 0.15) is 0 Å². The van der Waals surface area contributed by atoms with Gasteiger partial charge < -0.3 is 4.98 Å². The molecule has 1 fully saturated rings. The molecule has 2 aliphatic rings. The van der Waals surface area contributed by atoms with Crippen molar-refractivity contribution in [3.8, 4) is 0 Å². The van der Waals surface area contributed by atoms with Crippen molar-refractivity contribution < 1.29 is 0 Å². The maximum absolute atomic E-state index is 5.39. The highest BCUT2D eigenvalue weighted by molar-refractivity contribution is 6.15. The summed E-state index contributed by atoms with van der Waals surface area (Å²) in [5, 5.41) is 1.36. The molecule has 1 atom stereocenters. The van der Waals surface area contributed by atoms with E-state index in [1.54, 1.807) is 0 Å². The van der Waals surface area contributed by atoms with Gasteiger partial charge in [-0.05, 0) is 36.8 Å². The van der Waals surface area contributed by atoms with Crippen LogP contribution in [-0.2, 0) is 13.1 Å². The smallest absolute Gasteiger partial charge is 0.0620 e. The molecule has 1 aromatic heterocycles. The fraction of sp³-hybridized carbons (Fsp3) is 0.483. The minimum atomic E-state index is 0.420. The summed E-state index contributed by atoms with van der Waals surface area (Å²) in [5.41, 5.74) is 6.78. The molecule has 1 aliphatic carbocycles. The molecule has 0 radical (unpaired) electrons. The predicted molar refractivity (Wildman–Crippen MR) is 135 cm³/mol. The Kier molecular flexibility index (Phi) is 6.73. The van der Waals surface area contributed by atoms with Crippen LogP contribution in [0.15, 0.2) is 59.6 Å². The monoisotopic (exact) mass is 427 g/mol. The lowest BCUT2D eigenvalue weighted by Crippen LogP contribution is -2.49. The molecule has 2 aromatic carbocycles. The number of para-hydroxylation sites is 1. The third-order valence-corrected chi connectivity index (χ3v) is 7.44. The van der Waals surface area contributed by atoms with Gasteiger partial charge in [0.15, 0.2) is 0 Å². The third kappa shape index (κ3) is 4.41. The Labute approximate surface area is 192 Å². The van der Waals surface area contributed by atoms with Crippen LogP contribution in [0.1, 0.15) is 75.1 Å². The predicted octanol–water partition coefficient (Wildman–Crippen LogP) is 7.11. The highest BCUT2D eigenvalue weighted by Crippen LogP contribution is 2.38.